The molecule has 0 fully saturated rings. The number of guanidine groups is 1. The van der Waals surface area contributed by atoms with Gasteiger partial charge in [-0.3, -0.25) is 4.99 Å². The number of rotatable bonds is 5. The van der Waals surface area contributed by atoms with E-state index in [1.165, 1.54) is 10.6 Å². The van der Waals surface area contributed by atoms with Gasteiger partial charge in [-0.1, -0.05) is 13.8 Å². The topological polar surface area (TPSA) is 56.3 Å². The van der Waals surface area contributed by atoms with Crippen molar-refractivity contribution in [3.8, 4) is 0 Å². The summed E-state index contributed by atoms with van der Waals surface area (Å²) in [5.41, 5.74) is 2.37. The standard InChI is InChI=1S/C16H25N5S.HI/c1-11(2)15-12(3)22-14(20-15)9-19-16(17-4)21(5)10-13-7-6-8-18-13;/h6-8,11,18H,9-10H2,1-5H3,(H,17,19);1H. The van der Waals surface area contributed by atoms with Crippen molar-refractivity contribution in [2.75, 3.05) is 14.1 Å². The summed E-state index contributed by atoms with van der Waals surface area (Å²) < 4.78 is 0. The fourth-order valence-corrected chi connectivity index (χ4v) is 3.44. The van der Waals surface area contributed by atoms with Gasteiger partial charge in [-0.05, 0) is 25.0 Å². The zero-order valence-corrected chi connectivity index (χ0v) is 17.5. The number of nitrogens with zero attached hydrogens (tertiary/aromatic N) is 3. The molecule has 2 aromatic rings. The molecule has 2 aromatic heterocycles. The molecule has 128 valence electrons. The molecule has 7 heteroatoms. The monoisotopic (exact) mass is 447 g/mol. The van der Waals surface area contributed by atoms with Crippen LogP contribution in [0.25, 0.3) is 0 Å². The largest absolute Gasteiger partial charge is 0.364 e. The van der Waals surface area contributed by atoms with Crippen molar-refractivity contribution >= 4 is 41.3 Å². The van der Waals surface area contributed by atoms with Crippen LogP contribution in [-0.2, 0) is 13.1 Å². The summed E-state index contributed by atoms with van der Waals surface area (Å²) >= 11 is 1.76. The molecule has 5 nitrogen and oxygen atoms in total. The van der Waals surface area contributed by atoms with Gasteiger partial charge in [0.2, 0.25) is 0 Å². The Labute approximate surface area is 159 Å². The van der Waals surface area contributed by atoms with E-state index in [4.69, 9.17) is 4.98 Å². The second-order valence-electron chi connectivity index (χ2n) is 5.66. The molecule has 0 atom stereocenters. The number of aromatic nitrogens is 2. The van der Waals surface area contributed by atoms with Gasteiger partial charge in [0.15, 0.2) is 5.96 Å². The van der Waals surface area contributed by atoms with Crippen LogP contribution >= 0.6 is 35.3 Å². The highest BCUT2D eigenvalue weighted by Gasteiger charge is 2.12. The molecule has 23 heavy (non-hydrogen) atoms. The van der Waals surface area contributed by atoms with E-state index < -0.39 is 0 Å². The smallest absolute Gasteiger partial charge is 0.194 e. The summed E-state index contributed by atoms with van der Waals surface area (Å²) in [5.74, 6) is 1.34. The number of aryl methyl sites for hydroxylation is 1. The molecule has 0 aliphatic heterocycles. The molecule has 0 aliphatic rings. The van der Waals surface area contributed by atoms with Crippen LogP contribution in [0.3, 0.4) is 0 Å². The summed E-state index contributed by atoms with van der Waals surface area (Å²) in [6.45, 7) is 8.01. The van der Waals surface area contributed by atoms with Gasteiger partial charge < -0.3 is 15.2 Å². The molecule has 0 saturated carbocycles. The van der Waals surface area contributed by atoms with Crippen molar-refractivity contribution in [2.45, 2.75) is 39.8 Å². The zero-order valence-electron chi connectivity index (χ0n) is 14.4. The Hall–Kier alpha value is -1.09. The van der Waals surface area contributed by atoms with Gasteiger partial charge in [0.1, 0.15) is 5.01 Å². The normalized spacial score (nSPS) is 11.5. The SMILES string of the molecule is CN=C(NCc1nc(C(C)C)c(C)s1)N(C)Cc1ccc[nH]1.I. The lowest BCUT2D eigenvalue weighted by Crippen LogP contribution is -2.38. The molecule has 0 aromatic carbocycles. The number of hydrogen-bond acceptors (Lipinski definition) is 3. The minimum absolute atomic E-state index is 0. The fourth-order valence-electron chi connectivity index (χ4n) is 2.41. The first-order chi connectivity index (χ1) is 10.5. The highest BCUT2D eigenvalue weighted by molar-refractivity contribution is 14.0. The molecule has 0 radical (unpaired) electrons. The van der Waals surface area contributed by atoms with Crippen molar-refractivity contribution in [2.24, 2.45) is 4.99 Å². The third-order valence-corrected chi connectivity index (χ3v) is 4.45. The summed E-state index contributed by atoms with van der Waals surface area (Å²) in [4.78, 5) is 15.7. The van der Waals surface area contributed by atoms with Crippen LogP contribution in [0.5, 0.6) is 0 Å². The van der Waals surface area contributed by atoms with Crippen LogP contribution < -0.4 is 5.32 Å². The molecule has 0 saturated heterocycles. The molecule has 0 spiro atoms. The lowest BCUT2D eigenvalue weighted by atomic mass is 10.1. The molecule has 0 unspecified atom stereocenters. The van der Waals surface area contributed by atoms with Gasteiger partial charge in [0.05, 0.1) is 18.8 Å². The van der Waals surface area contributed by atoms with E-state index in [0.717, 1.165) is 23.2 Å². The lowest BCUT2D eigenvalue weighted by Gasteiger charge is -2.21. The van der Waals surface area contributed by atoms with E-state index in [1.807, 2.05) is 19.3 Å². The average molecular weight is 447 g/mol. The van der Waals surface area contributed by atoms with Gasteiger partial charge in [0, 0.05) is 30.9 Å². The number of hydrogen-bond donors (Lipinski definition) is 2. The first kappa shape index (κ1) is 20.0. The Bertz CT molecular complexity index is 618. The van der Waals surface area contributed by atoms with E-state index in [2.05, 4.69) is 47.0 Å². The second-order valence-corrected chi connectivity index (χ2v) is 6.94. The van der Waals surface area contributed by atoms with E-state index >= 15 is 0 Å². The molecule has 2 heterocycles. The first-order valence-corrected chi connectivity index (χ1v) is 8.33. The van der Waals surface area contributed by atoms with Crippen molar-refractivity contribution in [3.63, 3.8) is 0 Å². The first-order valence-electron chi connectivity index (χ1n) is 7.51. The number of aliphatic imine (C=N–C) groups is 1. The van der Waals surface area contributed by atoms with Crippen molar-refractivity contribution in [1.82, 2.24) is 20.2 Å². The molecular weight excluding hydrogens is 421 g/mol. The summed E-state index contributed by atoms with van der Waals surface area (Å²) in [5, 5.41) is 4.49. The summed E-state index contributed by atoms with van der Waals surface area (Å²) in [7, 11) is 3.84. The number of nitrogens with one attached hydrogen (secondary N) is 2. The molecule has 0 bridgehead atoms. The van der Waals surface area contributed by atoms with Gasteiger partial charge in [-0.2, -0.15) is 0 Å². The molecule has 2 N–H and O–H groups in total. The third-order valence-electron chi connectivity index (χ3n) is 3.46. The maximum absolute atomic E-state index is 4.73. The van der Waals surface area contributed by atoms with E-state index in [0.29, 0.717) is 12.5 Å². The maximum Gasteiger partial charge on any atom is 0.194 e. The third kappa shape index (κ3) is 5.49. The van der Waals surface area contributed by atoms with Crippen LogP contribution in [0.4, 0.5) is 0 Å². The Morgan fingerprint density at radius 2 is 2.22 bits per heavy atom. The number of halogens is 1. The lowest BCUT2D eigenvalue weighted by molar-refractivity contribution is 0.470. The van der Waals surface area contributed by atoms with Crippen molar-refractivity contribution in [1.29, 1.82) is 0 Å². The average Bonchev–Trinajstić information content (AvgIpc) is 3.09. The predicted octanol–water partition coefficient (Wildman–Crippen LogP) is 3.73. The molecule has 0 amide bonds. The highest BCUT2D eigenvalue weighted by Crippen LogP contribution is 2.23. The Morgan fingerprint density at radius 3 is 2.74 bits per heavy atom. The molecule has 2 rings (SSSR count). The van der Waals surface area contributed by atoms with Crippen molar-refractivity contribution < 1.29 is 0 Å². The Kier molecular flexibility index (Phi) is 8.04. The van der Waals surface area contributed by atoms with Gasteiger partial charge in [-0.25, -0.2) is 4.98 Å². The van der Waals surface area contributed by atoms with Crippen molar-refractivity contribution in [3.05, 3.63) is 39.6 Å². The summed E-state index contributed by atoms with van der Waals surface area (Å²) in [6, 6.07) is 4.08. The van der Waals surface area contributed by atoms with Gasteiger partial charge in [-0.15, -0.1) is 35.3 Å². The van der Waals surface area contributed by atoms with Gasteiger partial charge in [0.25, 0.3) is 0 Å². The van der Waals surface area contributed by atoms with Crippen LogP contribution in [0.1, 0.15) is 41.0 Å². The molecule has 0 aliphatic carbocycles. The quantitative estimate of drug-likeness (QED) is 0.417. The second kappa shape index (κ2) is 9.27. The number of thiazole rings is 1. The minimum Gasteiger partial charge on any atom is -0.364 e. The van der Waals surface area contributed by atoms with Crippen LogP contribution in [-0.4, -0.2) is 34.9 Å². The zero-order chi connectivity index (χ0) is 16.1. The van der Waals surface area contributed by atoms with Crippen LogP contribution in [0.15, 0.2) is 23.3 Å². The minimum atomic E-state index is 0. The van der Waals surface area contributed by atoms with Crippen LogP contribution in [0.2, 0.25) is 0 Å². The summed E-state index contributed by atoms with van der Waals surface area (Å²) in [6.07, 6.45) is 1.94. The van der Waals surface area contributed by atoms with Gasteiger partial charge >= 0.3 is 0 Å². The number of aromatic amines is 1. The van der Waals surface area contributed by atoms with E-state index in [9.17, 15) is 0 Å². The van der Waals surface area contributed by atoms with E-state index in [1.54, 1.807) is 18.4 Å². The maximum atomic E-state index is 4.73. The Morgan fingerprint density at radius 1 is 1.48 bits per heavy atom. The fraction of sp³-hybridized carbons (Fsp3) is 0.500. The molecular formula is C16H26IN5S. The number of H-pyrrole nitrogens is 1. The predicted molar refractivity (Wildman–Crippen MR) is 109 cm³/mol. The highest BCUT2D eigenvalue weighted by atomic mass is 127. The van der Waals surface area contributed by atoms with E-state index in [-0.39, 0.29) is 24.0 Å². The van der Waals surface area contributed by atoms with Crippen LogP contribution in [0, 0.1) is 6.92 Å². The Balaban J connectivity index is 0.00000264.